The highest BCUT2D eigenvalue weighted by atomic mass is 16.6. The molecule has 0 saturated carbocycles. The second-order valence-corrected chi connectivity index (χ2v) is 2.66. The van der Waals surface area contributed by atoms with Crippen molar-refractivity contribution in [1.82, 2.24) is 4.98 Å². The molecule has 5 nitrogen and oxygen atoms in total. The van der Waals surface area contributed by atoms with Gasteiger partial charge in [-0.2, -0.15) is 0 Å². The van der Waals surface area contributed by atoms with Crippen molar-refractivity contribution >= 4 is 28.0 Å². The van der Waals surface area contributed by atoms with Crippen molar-refractivity contribution < 1.29 is 19.2 Å². The molecule has 0 amide bonds. The number of aryl methyl sites for hydroxylation is 1. The maximum absolute atomic E-state index is 8.57. The average molecular weight is 193 g/mol. The summed E-state index contributed by atoms with van der Waals surface area (Å²) in [6.07, 6.45) is 1.57. The van der Waals surface area contributed by atoms with Gasteiger partial charge in [-0.25, -0.2) is 0 Å². The fraction of sp³-hybridized carbons (Fsp3) is 0.167. The fourth-order valence-electron chi connectivity index (χ4n) is 0.995. The summed E-state index contributed by atoms with van der Waals surface area (Å²) < 4.78 is 9.68. The molecule has 0 radical (unpaired) electrons. The number of nitrogens with zero attached hydrogens (tertiary/aromatic N) is 1. The van der Waals surface area contributed by atoms with Crippen LogP contribution in [0.5, 0.6) is 0 Å². The lowest BCUT2D eigenvalue weighted by Gasteiger charge is -2.11. The van der Waals surface area contributed by atoms with Gasteiger partial charge in [0.25, 0.3) is 0 Å². The second-order valence-electron chi connectivity index (χ2n) is 2.66. The number of rotatable bonds is 5. The van der Waals surface area contributed by atoms with Gasteiger partial charge in [0, 0.05) is 11.9 Å². The summed E-state index contributed by atoms with van der Waals surface area (Å²) in [5.41, 5.74) is 1.53. The van der Waals surface area contributed by atoms with Crippen molar-refractivity contribution in [2.45, 2.75) is 6.92 Å². The zero-order chi connectivity index (χ0) is 10.4. The van der Waals surface area contributed by atoms with Crippen LogP contribution >= 0.6 is 0 Å². The molecular weight excluding hydrogens is 183 g/mol. The van der Waals surface area contributed by atoms with Crippen LogP contribution in [-0.4, -0.2) is 37.5 Å². The molecule has 0 atom stereocenters. The molecule has 72 valence electrons. The molecule has 0 unspecified atom stereocenters. The van der Waals surface area contributed by atoms with E-state index in [9.17, 15) is 0 Å². The summed E-state index contributed by atoms with van der Waals surface area (Å²) in [6, 6.07) is 3.56. The van der Waals surface area contributed by atoms with Gasteiger partial charge in [-0.3, -0.25) is 4.98 Å². The highest BCUT2D eigenvalue weighted by Crippen LogP contribution is 1.92. The Labute approximate surface area is 83.8 Å². The van der Waals surface area contributed by atoms with E-state index in [1.54, 1.807) is 18.3 Å². The molecule has 2 N–H and O–H groups in total. The predicted molar refractivity (Wildman–Crippen MR) is 55.3 cm³/mol. The van der Waals surface area contributed by atoms with Gasteiger partial charge in [0.2, 0.25) is 0 Å². The molecule has 0 aliphatic rings. The van der Waals surface area contributed by atoms with Crippen LogP contribution in [0.2, 0.25) is 0 Å². The lowest BCUT2D eigenvalue weighted by Crippen LogP contribution is -2.39. The Bertz CT molecular complexity index is 264. The minimum Gasteiger partial charge on any atom is -0.451 e. The molecule has 1 aromatic heterocycles. The van der Waals surface area contributed by atoms with Gasteiger partial charge >= 0.3 is 22.5 Å². The van der Waals surface area contributed by atoms with E-state index in [4.69, 9.17) is 19.2 Å². The van der Waals surface area contributed by atoms with Crippen molar-refractivity contribution in [3.8, 4) is 0 Å². The largest absolute Gasteiger partial charge is 0.467 e. The molecule has 14 heavy (non-hydrogen) atoms. The third kappa shape index (κ3) is 3.15. The van der Waals surface area contributed by atoms with E-state index in [2.05, 4.69) is 4.98 Å². The quantitative estimate of drug-likeness (QED) is 0.511. The van der Waals surface area contributed by atoms with Crippen LogP contribution in [-0.2, 0) is 9.14 Å². The zero-order valence-corrected chi connectivity index (χ0v) is 7.88. The van der Waals surface area contributed by atoms with Gasteiger partial charge in [-0.15, -0.1) is 0 Å². The third-order valence-corrected chi connectivity index (χ3v) is 1.66. The van der Waals surface area contributed by atoms with E-state index in [1.165, 1.54) is 0 Å². The topological polar surface area (TPSA) is 71.8 Å². The number of aromatic nitrogens is 1. The molecule has 0 aliphatic heterocycles. The first-order valence-corrected chi connectivity index (χ1v) is 4.15. The van der Waals surface area contributed by atoms with E-state index in [0.29, 0.717) is 5.46 Å². The maximum atomic E-state index is 8.57. The van der Waals surface area contributed by atoms with Crippen LogP contribution in [0.15, 0.2) is 18.3 Å². The van der Waals surface area contributed by atoms with Gasteiger partial charge in [0.1, 0.15) is 0 Å². The summed E-state index contributed by atoms with van der Waals surface area (Å²) in [5, 5.41) is 17.1. The minimum atomic E-state index is -0.780. The molecule has 0 saturated heterocycles. The van der Waals surface area contributed by atoms with E-state index < -0.39 is 22.5 Å². The van der Waals surface area contributed by atoms with Crippen LogP contribution in [0.4, 0.5) is 0 Å². The molecule has 1 rings (SSSR count). The summed E-state index contributed by atoms with van der Waals surface area (Å²) in [6.45, 7) is 1.86. The van der Waals surface area contributed by atoms with Crippen LogP contribution in [0.3, 0.4) is 0 Å². The maximum Gasteiger partial charge on any atom is 0.467 e. The standard InChI is InChI=1S/C6H10B3NO4/c1-5-2-3-6(4-10-5)9(13-7-11)14-8-12/h2-4,7-8,11-12H,1H3. The van der Waals surface area contributed by atoms with Crippen LogP contribution < -0.4 is 5.46 Å². The van der Waals surface area contributed by atoms with Crippen LogP contribution in [0, 0.1) is 6.92 Å². The van der Waals surface area contributed by atoms with Crippen molar-refractivity contribution in [2.75, 3.05) is 0 Å². The lowest BCUT2D eigenvalue weighted by atomic mass is 9.77. The summed E-state index contributed by atoms with van der Waals surface area (Å²) in [5.74, 6) is 0. The Balaban J connectivity index is 2.71. The van der Waals surface area contributed by atoms with E-state index in [1.807, 2.05) is 6.92 Å². The minimum absolute atomic E-state index is 0.474. The van der Waals surface area contributed by atoms with Gasteiger partial charge in [0.05, 0.1) is 0 Å². The number of hydrogen-bond acceptors (Lipinski definition) is 5. The van der Waals surface area contributed by atoms with Crippen molar-refractivity contribution in [3.63, 3.8) is 0 Å². The molecule has 8 heteroatoms. The number of hydrogen-bond donors (Lipinski definition) is 2. The molecule has 0 spiro atoms. The first-order chi connectivity index (χ1) is 6.77. The summed E-state index contributed by atoms with van der Waals surface area (Å²) in [4.78, 5) is 4.04. The first-order valence-electron chi connectivity index (χ1n) is 4.15. The zero-order valence-electron chi connectivity index (χ0n) is 7.88. The summed E-state index contributed by atoms with van der Waals surface area (Å²) >= 11 is 0. The number of pyridine rings is 1. The Morgan fingerprint density at radius 1 is 1.29 bits per heavy atom. The lowest BCUT2D eigenvalue weighted by molar-refractivity contribution is 0.375. The second kappa shape index (κ2) is 5.82. The molecule has 0 fully saturated rings. The van der Waals surface area contributed by atoms with Gasteiger partial charge in [-0.1, -0.05) is 6.07 Å². The molecule has 1 aromatic rings. The van der Waals surface area contributed by atoms with Gasteiger partial charge in [-0.05, 0) is 18.5 Å². The molecule has 0 bridgehead atoms. The normalized spacial score (nSPS) is 9.64. The van der Waals surface area contributed by atoms with Gasteiger partial charge in [0.15, 0.2) is 0 Å². The molecule has 0 aromatic carbocycles. The third-order valence-electron chi connectivity index (χ3n) is 1.66. The highest BCUT2D eigenvalue weighted by Gasteiger charge is 2.20. The predicted octanol–water partition coefficient (Wildman–Crippen LogP) is -2.36. The fourth-order valence-corrected chi connectivity index (χ4v) is 0.995. The Morgan fingerprint density at radius 2 is 1.93 bits per heavy atom. The SMILES string of the molecule is Cc1ccc(B(OBO)OBO)cn1. The summed E-state index contributed by atoms with van der Waals surface area (Å²) in [7, 11) is -1.73. The Morgan fingerprint density at radius 3 is 2.36 bits per heavy atom. The van der Waals surface area contributed by atoms with Crippen molar-refractivity contribution in [1.29, 1.82) is 0 Å². The van der Waals surface area contributed by atoms with Crippen LogP contribution in [0.25, 0.3) is 0 Å². The van der Waals surface area contributed by atoms with E-state index >= 15 is 0 Å². The molecular formula is C6H10B3NO4. The molecule has 1 heterocycles. The van der Waals surface area contributed by atoms with Crippen molar-refractivity contribution in [3.05, 3.63) is 24.0 Å². The van der Waals surface area contributed by atoms with Crippen LogP contribution in [0.1, 0.15) is 5.69 Å². The highest BCUT2D eigenvalue weighted by molar-refractivity contribution is 6.68. The van der Waals surface area contributed by atoms with Crippen molar-refractivity contribution in [2.24, 2.45) is 0 Å². The molecule has 0 aliphatic carbocycles. The Hall–Kier alpha value is -0.815. The smallest absolute Gasteiger partial charge is 0.451 e. The van der Waals surface area contributed by atoms with E-state index in [-0.39, 0.29) is 0 Å². The monoisotopic (exact) mass is 193 g/mol. The first kappa shape index (κ1) is 11.3. The Kier molecular flexibility index (Phi) is 4.68. The average Bonchev–Trinajstić information content (AvgIpc) is 2.19. The van der Waals surface area contributed by atoms with Gasteiger partial charge < -0.3 is 19.2 Å². The van der Waals surface area contributed by atoms with E-state index in [0.717, 1.165) is 5.69 Å².